The van der Waals surface area contributed by atoms with E-state index in [0.717, 1.165) is 22.1 Å². The predicted molar refractivity (Wildman–Crippen MR) is 75.9 cm³/mol. The van der Waals surface area contributed by atoms with Gasteiger partial charge >= 0.3 is 0 Å². The van der Waals surface area contributed by atoms with Gasteiger partial charge in [0.25, 0.3) is 0 Å². The minimum absolute atomic E-state index is 0.0324. The van der Waals surface area contributed by atoms with Gasteiger partial charge in [-0.3, -0.25) is 11.3 Å². The molecule has 1 unspecified atom stereocenters. The first-order valence-corrected chi connectivity index (χ1v) is 7.58. The highest BCUT2D eigenvalue weighted by Gasteiger charge is 2.18. The van der Waals surface area contributed by atoms with Gasteiger partial charge in [0.15, 0.2) is 0 Å². The summed E-state index contributed by atoms with van der Waals surface area (Å²) in [5.41, 5.74) is 4.69. The SMILES string of the molecule is Cc1cc(F)cc(C(CSC2CCCC2)NN)c1. The van der Waals surface area contributed by atoms with Crippen LogP contribution >= 0.6 is 11.8 Å². The molecule has 1 saturated carbocycles. The molecule has 1 fully saturated rings. The number of rotatable bonds is 5. The maximum absolute atomic E-state index is 13.4. The van der Waals surface area contributed by atoms with Crippen LogP contribution in [0.2, 0.25) is 0 Å². The summed E-state index contributed by atoms with van der Waals surface area (Å²) in [5.74, 6) is 6.33. The molecule has 18 heavy (non-hydrogen) atoms. The van der Waals surface area contributed by atoms with Gasteiger partial charge < -0.3 is 0 Å². The molecule has 0 spiro atoms. The normalized spacial score (nSPS) is 18.2. The van der Waals surface area contributed by atoms with Crippen LogP contribution in [-0.4, -0.2) is 11.0 Å². The van der Waals surface area contributed by atoms with Crippen molar-refractivity contribution in [3.05, 3.63) is 35.1 Å². The fourth-order valence-electron chi connectivity index (χ4n) is 2.49. The highest BCUT2D eigenvalue weighted by atomic mass is 32.2. The van der Waals surface area contributed by atoms with Crippen molar-refractivity contribution >= 4 is 11.8 Å². The minimum atomic E-state index is -0.184. The quantitative estimate of drug-likeness (QED) is 0.635. The number of hydrazine groups is 1. The molecule has 1 aliphatic rings. The van der Waals surface area contributed by atoms with Crippen LogP contribution in [0.1, 0.15) is 42.9 Å². The molecule has 2 rings (SSSR count). The van der Waals surface area contributed by atoms with E-state index >= 15 is 0 Å². The molecule has 0 heterocycles. The summed E-state index contributed by atoms with van der Waals surface area (Å²) in [6.07, 6.45) is 5.31. The lowest BCUT2D eigenvalue weighted by Crippen LogP contribution is -2.30. The van der Waals surface area contributed by atoms with Crippen molar-refractivity contribution in [3.63, 3.8) is 0 Å². The first kappa shape index (κ1) is 13.8. The standard InChI is InChI=1S/C14H21FN2S/c1-10-6-11(8-12(15)7-10)14(17-16)9-18-13-4-2-3-5-13/h6-8,13-14,17H,2-5,9,16H2,1H3. The number of nitrogens with one attached hydrogen (secondary N) is 1. The monoisotopic (exact) mass is 268 g/mol. The molecule has 1 aromatic rings. The Morgan fingerprint density at radius 1 is 1.39 bits per heavy atom. The zero-order valence-corrected chi connectivity index (χ0v) is 11.6. The van der Waals surface area contributed by atoms with Crippen molar-refractivity contribution in [1.82, 2.24) is 5.43 Å². The van der Waals surface area contributed by atoms with Crippen molar-refractivity contribution in [2.24, 2.45) is 5.84 Å². The third-order valence-corrected chi connectivity index (χ3v) is 4.94. The molecule has 3 N–H and O–H groups in total. The maximum atomic E-state index is 13.4. The lowest BCUT2D eigenvalue weighted by atomic mass is 10.1. The predicted octanol–water partition coefficient (Wildman–Crippen LogP) is 3.31. The zero-order valence-electron chi connectivity index (χ0n) is 10.8. The second-order valence-electron chi connectivity index (χ2n) is 5.02. The smallest absolute Gasteiger partial charge is 0.123 e. The van der Waals surface area contributed by atoms with Crippen molar-refractivity contribution in [3.8, 4) is 0 Å². The van der Waals surface area contributed by atoms with Gasteiger partial charge in [0.05, 0.1) is 6.04 Å². The molecule has 0 aliphatic heterocycles. The third kappa shape index (κ3) is 3.70. The third-order valence-electron chi connectivity index (χ3n) is 3.47. The molecule has 4 heteroatoms. The molecule has 0 amide bonds. The van der Waals surface area contributed by atoms with Crippen LogP contribution in [0.15, 0.2) is 18.2 Å². The Morgan fingerprint density at radius 2 is 2.11 bits per heavy atom. The van der Waals surface area contributed by atoms with Gasteiger partial charge in [-0.1, -0.05) is 18.9 Å². The summed E-state index contributed by atoms with van der Waals surface area (Å²) in [7, 11) is 0. The Balaban J connectivity index is 1.98. The highest BCUT2D eigenvalue weighted by molar-refractivity contribution is 7.99. The molecule has 0 aromatic heterocycles. The van der Waals surface area contributed by atoms with Crippen molar-refractivity contribution in [2.75, 3.05) is 5.75 Å². The van der Waals surface area contributed by atoms with E-state index < -0.39 is 0 Å². The second kappa shape index (κ2) is 6.55. The van der Waals surface area contributed by atoms with Crippen molar-refractivity contribution in [2.45, 2.75) is 43.9 Å². The largest absolute Gasteiger partial charge is 0.271 e. The van der Waals surface area contributed by atoms with E-state index in [9.17, 15) is 4.39 Å². The van der Waals surface area contributed by atoms with Gasteiger partial charge in [0.1, 0.15) is 5.82 Å². The van der Waals surface area contributed by atoms with Gasteiger partial charge in [-0.15, -0.1) is 0 Å². The summed E-state index contributed by atoms with van der Waals surface area (Å²) >= 11 is 1.96. The van der Waals surface area contributed by atoms with Crippen LogP contribution in [0.25, 0.3) is 0 Å². The Kier molecular flexibility index (Phi) is 5.03. The number of hydrogen-bond donors (Lipinski definition) is 2. The van der Waals surface area contributed by atoms with E-state index in [1.165, 1.54) is 25.7 Å². The fourth-order valence-corrected chi connectivity index (χ4v) is 3.91. The van der Waals surface area contributed by atoms with Gasteiger partial charge in [-0.05, 0) is 43.0 Å². The van der Waals surface area contributed by atoms with Gasteiger partial charge in [0, 0.05) is 11.0 Å². The van der Waals surface area contributed by atoms with E-state index in [2.05, 4.69) is 5.43 Å². The summed E-state index contributed by atoms with van der Waals surface area (Å²) in [6, 6.07) is 5.15. The fraction of sp³-hybridized carbons (Fsp3) is 0.571. The molecular weight excluding hydrogens is 247 g/mol. The zero-order chi connectivity index (χ0) is 13.0. The van der Waals surface area contributed by atoms with Gasteiger partial charge in [-0.2, -0.15) is 11.8 Å². The summed E-state index contributed by atoms with van der Waals surface area (Å²) in [6.45, 7) is 1.91. The molecular formula is C14H21FN2S. The van der Waals surface area contributed by atoms with Crippen LogP contribution in [0, 0.1) is 12.7 Å². The molecule has 0 bridgehead atoms. The Hall–Kier alpha value is -0.580. The molecule has 100 valence electrons. The first-order chi connectivity index (χ1) is 8.69. The number of benzene rings is 1. The van der Waals surface area contributed by atoms with E-state index in [0.29, 0.717) is 0 Å². The molecule has 1 atom stereocenters. The van der Waals surface area contributed by atoms with Gasteiger partial charge in [0.2, 0.25) is 0 Å². The van der Waals surface area contributed by atoms with Crippen molar-refractivity contribution in [1.29, 1.82) is 0 Å². The Labute approximate surface area is 112 Å². The maximum Gasteiger partial charge on any atom is 0.123 e. The summed E-state index contributed by atoms with van der Waals surface area (Å²) in [4.78, 5) is 0. The van der Waals surface area contributed by atoms with Gasteiger partial charge in [-0.25, -0.2) is 4.39 Å². The van der Waals surface area contributed by atoms with E-state index in [-0.39, 0.29) is 11.9 Å². The number of aryl methyl sites for hydroxylation is 1. The number of halogens is 1. The number of nitrogens with two attached hydrogens (primary N) is 1. The topological polar surface area (TPSA) is 38.0 Å². The Bertz CT molecular complexity index is 371. The highest BCUT2D eigenvalue weighted by Crippen LogP contribution is 2.32. The number of thioether (sulfide) groups is 1. The lowest BCUT2D eigenvalue weighted by Gasteiger charge is -2.19. The van der Waals surface area contributed by atoms with Crippen LogP contribution < -0.4 is 11.3 Å². The average Bonchev–Trinajstić information content (AvgIpc) is 2.81. The Morgan fingerprint density at radius 3 is 2.72 bits per heavy atom. The second-order valence-corrected chi connectivity index (χ2v) is 6.35. The summed E-state index contributed by atoms with van der Waals surface area (Å²) < 4.78 is 13.4. The van der Waals surface area contributed by atoms with Crippen molar-refractivity contribution < 1.29 is 4.39 Å². The van der Waals surface area contributed by atoms with Crippen LogP contribution in [-0.2, 0) is 0 Å². The van der Waals surface area contributed by atoms with E-state index in [1.54, 1.807) is 12.1 Å². The molecule has 2 nitrogen and oxygen atoms in total. The molecule has 0 saturated heterocycles. The molecule has 1 aliphatic carbocycles. The summed E-state index contributed by atoms with van der Waals surface area (Å²) in [5, 5.41) is 0.760. The van der Waals surface area contributed by atoms with Crippen LogP contribution in [0.3, 0.4) is 0 Å². The average molecular weight is 268 g/mol. The molecule has 0 radical (unpaired) electrons. The molecule has 1 aromatic carbocycles. The van der Waals surface area contributed by atoms with Crippen LogP contribution in [0.4, 0.5) is 4.39 Å². The van der Waals surface area contributed by atoms with E-state index in [4.69, 9.17) is 5.84 Å². The number of hydrogen-bond acceptors (Lipinski definition) is 3. The first-order valence-electron chi connectivity index (χ1n) is 6.54. The lowest BCUT2D eigenvalue weighted by molar-refractivity contribution is 0.589. The van der Waals surface area contributed by atoms with Crippen LogP contribution in [0.5, 0.6) is 0 Å². The van der Waals surface area contributed by atoms with E-state index in [1.807, 2.05) is 24.8 Å². The minimum Gasteiger partial charge on any atom is -0.271 e.